The Morgan fingerprint density at radius 2 is 0.652 bits per heavy atom. The van der Waals surface area contributed by atoms with Crippen molar-refractivity contribution in [3.63, 3.8) is 0 Å². The standard InChI is InChI=1S/C13H10O.3C13H12.2C11H10.2C7H8/c1-9-5-4-7-11-10-6-2-3-8-12(10)14-13(9)11;1-11-7-5-6-10-13(11)12-8-3-2-4-9-12;1-11-6-5-9-13(10-11)12-7-3-2-4-8-12;1-11-7-9-13(10-8-11)12-5-3-2-4-6-12;1-9-5-4-7-10-6-2-3-8-11(9)10;1-9-6-7-10-4-2-3-5-11(10)8-9;2*1-7-5-3-2-4-6-7/h2-8H,1H3;3*2-10H,1H3;2*2-8H,1H3;2*2-6H,1H3/i;;;;;;2D,3D,4D,5D,6D;. The Bertz CT molecular complexity index is 4680. The molecule has 0 saturated heterocycles. The Morgan fingerprint density at radius 1 is 0.236 bits per heavy atom. The van der Waals surface area contributed by atoms with E-state index < -0.39 is 0 Å². The van der Waals surface area contributed by atoms with Gasteiger partial charge in [-0.05, 0) is 133 Å². The average Bonchev–Trinajstić information content (AvgIpc) is 1.62. The van der Waals surface area contributed by atoms with Gasteiger partial charge in [-0.25, -0.2) is 0 Å². The third kappa shape index (κ3) is 20.5. The molecule has 0 unspecified atom stereocenters. The van der Waals surface area contributed by atoms with Gasteiger partial charge in [0, 0.05) is 10.8 Å². The van der Waals surface area contributed by atoms with Gasteiger partial charge in [0.05, 0.1) is 6.85 Å². The van der Waals surface area contributed by atoms with E-state index >= 15 is 0 Å². The summed E-state index contributed by atoms with van der Waals surface area (Å²) in [6.45, 7) is 16.3. The molecule has 1 heteroatoms. The Balaban J connectivity index is 0.000000139. The number of fused-ring (bicyclic) bond motifs is 5. The normalized spacial score (nSPS) is 10.8. The zero-order valence-electron chi connectivity index (χ0n) is 57.5. The molecule has 1 heterocycles. The van der Waals surface area contributed by atoms with Crippen LogP contribution < -0.4 is 0 Å². The molecule has 0 atom stereocenters. The summed E-state index contributed by atoms with van der Waals surface area (Å²) >= 11 is 0. The lowest BCUT2D eigenvalue weighted by Gasteiger charge is -2.04. The molecule has 440 valence electrons. The second-order valence-electron chi connectivity index (χ2n) is 21.7. The third-order valence-corrected chi connectivity index (χ3v) is 14.6. The van der Waals surface area contributed by atoms with Crippen molar-refractivity contribution < 1.29 is 11.3 Å². The monoisotopic (exact) mass is 1160 g/mol. The molecule has 0 spiro atoms. The number of hydrogen-bond donors (Lipinski definition) is 0. The van der Waals surface area contributed by atoms with Crippen LogP contribution in [0.15, 0.2) is 356 Å². The van der Waals surface area contributed by atoms with Gasteiger partial charge in [-0.2, -0.15) is 0 Å². The van der Waals surface area contributed by atoms with Crippen molar-refractivity contribution >= 4 is 43.5 Å². The van der Waals surface area contributed by atoms with Crippen molar-refractivity contribution in [3.05, 3.63) is 396 Å². The molecule has 14 aromatic carbocycles. The summed E-state index contributed by atoms with van der Waals surface area (Å²) in [6.07, 6.45) is 0. The van der Waals surface area contributed by atoms with Crippen molar-refractivity contribution in [1.82, 2.24) is 0 Å². The van der Waals surface area contributed by atoms with E-state index in [9.17, 15) is 0 Å². The second-order valence-corrected chi connectivity index (χ2v) is 21.7. The van der Waals surface area contributed by atoms with Crippen LogP contribution in [-0.2, 0) is 0 Å². The first-order chi connectivity index (χ1) is 45.6. The smallest absolute Gasteiger partial charge is 0.138 e. The highest BCUT2D eigenvalue weighted by atomic mass is 16.3. The van der Waals surface area contributed by atoms with Gasteiger partial charge < -0.3 is 4.42 Å². The highest BCUT2D eigenvalue weighted by Crippen LogP contribution is 2.30. The summed E-state index contributed by atoms with van der Waals surface area (Å²) in [5.41, 5.74) is 19.2. The largest absolute Gasteiger partial charge is 0.456 e. The van der Waals surface area contributed by atoms with E-state index in [0.29, 0.717) is 5.56 Å². The maximum atomic E-state index is 7.31. The Hall–Kier alpha value is -10.6. The van der Waals surface area contributed by atoms with Crippen LogP contribution in [0.2, 0.25) is 0 Å². The van der Waals surface area contributed by atoms with Gasteiger partial charge in [-0.3, -0.25) is 0 Å². The molecule has 15 aromatic rings. The molecule has 0 radical (unpaired) electrons. The summed E-state index contributed by atoms with van der Waals surface area (Å²) in [5.74, 6) is 0. The lowest BCUT2D eigenvalue weighted by Crippen LogP contribution is -1.80. The molecule has 0 aliphatic heterocycles. The molecule has 1 nitrogen and oxygen atoms in total. The summed E-state index contributed by atoms with van der Waals surface area (Å²) in [5, 5.41) is 7.74. The third-order valence-electron chi connectivity index (χ3n) is 14.6. The van der Waals surface area contributed by atoms with Crippen LogP contribution in [0, 0.1) is 55.4 Å². The molecular weight excluding hydrogens is 1070 g/mol. The molecule has 0 amide bonds. The predicted octanol–water partition coefficient (Wildman–Crippen LogP) is 25.2. The first kappa shape index (κ1) is 57.5. The van der Waals surface area contributed by atoms with E-state index in [1.165, 1.54) is 112 Å². The molecule has 0 saturated carbocycles. The maximum absolute atomic E-state index is 7.31. The fraction of sp³-hybridized carbons (Fsp3) is 0.0909. The molecule has 0 bridgehead atoms. The van der Waals surface area contributed by atoms with Crippen LogP contribution in [0.1, 0.15) is 51.4 Å². The number of furan rings is 1. The molecule has 0 fully saturated rings. The minimum atomic E-state index is -0.337. The van der Waals surface area contributed by atoms with E-state index in [-0.39, 0.29) is 30.2 Å². The van der Waals surface area contributed by atoms with E-state index in [1.807, 2.05) is 54.6 Å². The number of aryl methyl sites for hydroxylation is 7. The van der Waals surface area contributed by atoms with Gasteiger partial charge in [-0.1, -0.05) is 373 Å². The lowest BCUT2D eigenvalue weighted by molar-refractivity contribution is 0.666. The molecule has 0 aliphatic carbocycles. The van der Waals surface area contributed by atoms with E-state index in [1.54, 1.807) is 0 Å². The lowest BCUT2D eigenvalue weighted by atomic mass is 10.0. The number of rotatable bonds is 3. The van der Waals surface area contributed by atoms with Gasteiger partial charge in [0.25, 0.3) is 0 Å². The van der Waals surface area contributed by atoms with Crippen molar-refractivity contribution in [2.45, 2.75) is 55.4 Å². The van der Waals surface area contributed by atoms with Gasteiger partial charge in [0.2, 0.25) is 0 Å². The van der Waals surface area contributed by atoms with Crippen LogP contribution >= 0.6 is 0 Å². The van der Waals surface area contributed by atoms with Crippen molar-refractivity contribution in [1.29, 1.82) is 0 Å². The number of hydrogen-bond acceptors (Lipinski definition) is 1. The summed E-state index contributed by atoms with van der Waals surface area (Å²) < 4.78 is 42.1. The van der Waals surface area contributed by atoms with Crippen LogP contribution in [0.4, 0.5) is 0 Å². The number of benzene rings is 14. The maximum Gasteiger partial charge on any atom is 0.138 e. The SMILES string of the molecule is Cc1ccc(-c2ccccc2)cc1.Cc1ccc2ccccc2c1.Cc1cccc(-c2ccccc2)c1.Cc1cccc2c1oc1ccccc12.Cc1cccc2ccccc12.Cc1ccccc1.Cc1ccccc1-c1ccccc1.[2H]c1c([2H])c([2H])c(C)c([2H])c1[2H]. The summed E-state index contributed by atoms with van der Waals surface area (Å²) in [6, 6.07) is 110. The van der Waals surface area contributed by atoms with Crippen LogP contribution in [0.5, 0.6) is 0 Å². The summed E-state index contributed by atoms with van der Waals surface area (Å²) in [4.78, 5) is 0. The minimum absolute atomic E-state index is 0.124. The fourth-order valence-corrected chi connectivity index (χ4v) is 9.78. The van der Waals surface area contributed by atoms with Gasteiger partial charge in [-0.15, -0.1) is 0 Å². The highest BCUT2D eigenvalue weighted by molar-refractivity contribution is 6.05. The van der Waals surface area contributed by atoms with Crippen LogP contribution in [0.25, 0.3) is 76.9 Å². The van der Waals surface area contributed by atoms with Crippen LogP contribution in [-0.4, -0.2) is 0 Å². The predicted molar refractivity (Wildman–Crippen MR) is 388 cm³/mol. The Kier molecular flexibility index (Phi) is 22.3. The zero-order chi connectivity index (χ0) is 66.8. The van der Waals surface area contributed by atoms with Gasteiger partial charge >= 0.3 is 0 Å². The van der Waals surface area contributed by atoms with Crippen LogP contribution in [0.3, 0.4) is 0 Å². The van der Waals surface area contributed by atoms with E-state index in [4.69, 9.17) is 11.3 Å². The molecule has 0 N–H and O–H groups in total. The minimum Gasteiger partial charge on any atom is -0.456 e. The van der Waals surface area contributed by atoms with Crippen molar-refractivity contribution in [3.8, 4) is 33.4 Å². The number of para-hydroxylation sites is 2. The van der Waals surface area contributed by atoms with Crippen molar-refractivity contribution in [2.75, 3.05) is 0 Å². The molecule has 1 aromatic heterocycles. The fourth-order valence-electron chi connectivity index (χ4n) is 9.78. The molecule has 15 rings (SSSR count). The quantitative estimate of drug-likeness (QED) is 0.172. The molecule has 0 aliphatic rings. The Labute approximate surface area is 537 Å². The van der Waals surface area contributed by atoms with Crippen molar-refractivity contribution in [2.24, 2.45) is 0 Å². The molecular formula is C88H82O. The van der Waals surface area contributed by atoms with Gasteiger partial charge in [0.15, 0.2) is 0 Å². The van der Waals surface area contributed by atoms with Gasteiger partial charge in [0.1, 0.15) is 11.2 Å². The second kappa shape index (κ2) is 34.5. The average molecular weight is 1160 g/mol. The zero-order valence-corrected chi connectivity index (χ0v) is 52.5. The molecule has 89 heavy (non-hydrogen) atoms. The van der Waals surface area contributed by atoms with E-state index in [2.05, 4.69) is 315 Å². The first-order valence-corrected chi connectivity index (χ1v) is 30.2. The summed E-state index contributed by atoms with van der Waals surface area (Å²) in [7, 11) is 0. The first-order valence-electron chi connectivity index (χ1n) is 32.7. The topological polar surface area (TPSA) is 13.1 Å². The van der Waals surface area contributed by atoms with E-state index in [0.717, 1.165) is 11.2 Å². The Morgan fingerprint density at radius 3 is 1.27 bits per heavy atom. The highest BCUT2D eigenvalue weighted by Gasteiger charge is 2.07.